The Labute approximate surface area is 212 Å². The van der Waals surface area contributed by atoms with Gasteiger partial charge < -0.3 is 19.1 Å². The zero-order valence-corrected chi connectivity index (χ0v) is 21.7. The lowest BCUT2D eigenvalue weighted by atomic mass is 9.95. The fourth-order valence-electron chi connectivity index (χ4n) is 3.60. The smallest absolute Gasteiger partial charge is 0.459 e. The van der Waals surface area contributed by atoms with Gasteiger partial charge in [0.25, 0.3) is 5.56 Å². The number of esters is 1. The van der Waals surface area contributed by atoms with Crippen LogP contribution in [0.3, 0.4) is 0 Å². The van der Waals surface area contributed by atoms with Gasteiger partial charge in [-0.2, -0.15) is 5.09 Å². The van der Waals surface area contributed by atoms with E-state index < -0.39 is 67.7 Å². The van der Waals surface area contributed by atoms with Crippen LogP contribution < -0.4 is 20.9 Å². The van der Waals surface area contributed by atoms with Crippen molar-refractivity contribution < 1.29 is 37.4 Å². The zero-order chi connectivity index (χ0) is 27.4. The van der Waals surface area contributed by atoms with Gasteiger partial charge in [-0.25, -0.2) is 13.8 Å². The predicted molar refractivity (Wildman–Crippen MR) is 130 cm³/mol. The molecule has 2 aromatic rings. The highest BCUT2D eigenvalue weighted by atomic mass is 31.2. The van der Waals surface area contributed by atoms with Crippen molar-refractivity contribution in [3.05, 3.63) is 63.4 Å². The van der Waals surface area contributed by atoms with Gasteiger partial charge in [0.2, 0.25) is 0 Å². The number of para-hydroxylation sites is 1. The van der Waals surface area contributed by atoms with Crippen LogP contribution in [0.5, 0.6) is 5.75 Å². The quantitative estimate of drug-likeness (QED) is 0.280. The van der Waals surface area contributed by atoms with Crippen LogP contribution in [0.1, 0.15) is 27.7 Å². The molecule has 0 unspecified atom stereocenters. The van der Waals surface area contributed by atoms with Crippen molar-refractivity contribution in [2.24, 2.45) is 0 Å². The number of aliphatic hydroxyl groups is 1. The summed E-state index contributed by atoms with van der Waals surface area (Å²) >= 11 is 0. The van der Waals surface area contributed by atoms with Gasteiger partial charge in [0.15, 0.2) is 5.67 Å². The van der Waals surface area contributed by atoms with Crippen molar-refractivity contribution in [2.45, 2.75) is 70.4 Å². The minimum atomic E-state index is -4.27. The molecule has 12 nitrogen and oxygen atoms in total. The van der Waals surface area contributed by atoms with E-state index in [2.05, 4.69) is 10.1 Å². The molecule has 1 saturated heterocycles. The molecule has 1 aliphatic heterocycles. The summed E-state index contributed by atoms with van der Waals surface area (Å²) in [5, 5.41) is 13.1. The van der Waals surface area contributed by atoms with Gasteiger partial charge in [-0.1, -0.05) is 18.2 Å². The largest absolute Gasteiger partial charge is 0.462 e. The number of hydrogen-bond acceptors (Lipinski definition) is 9. The summed E-state index contributed by atoms with van der Waals surface area (Å²) in [6, 6.07) is 8.02. The van der Waals surface area contributed by atoms with Gasteiger partial charge >= 0.3 is 19.4 Å². The monoisotopic (exact) mass is 543 g/mol. The second-order valence-electron chi connectivity index (χ2n) is 9.06. The number of H-pyrrole nitrogens is 1. The molecule has 0 aliphatic carbocycles. The van der Waals surface area contributed by atoms with Gasteiger partial charge in [0.1, 0.15) is 30.1 Å². The number of rotatable bonds is 11. The maximum atomic E-state index is 15.4. The lowest BCUT2D eigenvalue weighted by Crippen LogP contribution is -2.45. The standard InChI is InChI=1S/C23H31FN3O9P/c1-14(2)34-21(30)15(3)26-37(32,36-16-8-6-5-7-9-16)33-13-17-20(29)23(4,24)18(35-17)12-27-11-10-19(28)25-22(27)31/h5-11,14-15,17-18,20,29H,12-13H2,1-4H3,(H,26,32)(H,25,28,31)/t15-,17+,18-,20+,23-,37+/m0/s1. The number of carbonyl (C=O) groups is 1. The molecule has 37 heavy (non-hydrogen) atoms. The van der Waals surface area contributed by atoms with Gasteiger partial charge in [-0.05, 0) is 39.8 Å². The number of hydrogen-bond donors (Lipinski definition) is 3. The van der Waals surface area contributed by atoms with Crippen LogP contribution in [0.2, 0.25) is 0 Å². The summed E-state index contributed by atoms with van der Waals surface area (Å²) in [6.07, 6.45) is -3.55. The van der Waals surface area contributed by atoms with Crippen LogP contribution in [0.25, 0.3) is 0 Å². The molecule has 0 amide bonds. The molecule has 6 atom stereocenters. The molecule has 0 spiro atoms. The number of carbonyl (C=O) groups excluding carboxylic acids is 1. The van der Waals surface area contributed by atoms with Crippen molar-refractivity contribution in [2.75, 3.05) is 6.61 Å². The van der Waals surface area contributed by atoms with Crippen molar-refractivity contribution in [3.63, 3.8) is 0 Å². The molecule has 1 aromatic heterocycles. The van der Waals surface area contributed by atoms with Crippen molar-refractivity contribution in [1.82, 2.24) is 14.6 Å². The first-order valence-corrected chi connectivity index (χ1v) is 13.1. The first-order chi connectivity index (χ1) is 17.3. The van der Waals surface area contributed by atoms with E-state index in [1.807, 2.05) is 0 Å². The van der Waals surface area contributed by atoms with E-state index in [0.717, 1.165) is 17.6 Å². The Morgan fingerprint density at radius 3 is 2.57 bits per heavy atom. The van der Waals surface area contributed by atoms with Crippen LogP contribution >= 0.6 is 7.75 Å². The molecule has 1 aliphatic rings. The Balaban J connectivity index is 1.75. The lowest BCUT2D eigenvalue weighted by Gasteiger charge is -2.25. The van der Waals surface area contributed by atoms with Crippen molar-refractivity contribution in [3.8, 4) is 5.75 Å². The van der Waals surface area contributed by atoms with Crippen LogP contribution in [-0.2, 0) is 29.9 Å². The highest BCUT2D eigenvalue weighted by Crippen LogP contribution is 2.46. The molecule has 3 rings (SSSR count). The van der Waals surface area contributed by atoms with E-state index in [9.17, 15) is 24.1 Å². The third-order valence-electron chi connectivity index (χ3n) is 5.59. The number of nitrogens with one attached hydrogen (secondary N) is 2. The van der Waals surface area contributed by atoms with E-state index in [0.29, 0.717) is 0 Å². The van der Waals surface area contributed by atoms with Crippen LogP contribution in [0, 0.1) is 0 Å². The third kappa shape index (κ3) is 7.36. The van der Waals surface area contributed by atoms with Crippen LogP contribution in [-0.4, -0.2) is 63.4 Å². The number of aliphatic hydroxyl groups excluding tert-OH is 1. The average molecular weight is 543 g/mol. The maximum absolute atomic E-state index is 15.4. The number of aromatic amines is 1. The minimum absolute atomic E-state index is 0.168. The molecule has 0 radical (unpaired) electrons. The van der Waals surface area contributed by atoms with Crippen molar-refractivity contribution in [1.29, 1.82) is 0 Å². The number of aromatic nitrogens is 2. The summed E-state index contributed by atoms with van der Waals surface area (Å²) in [7, 11) is -4.27. The maximum Gasteiger partial charge on any atom is 0.459 e. The minimum Gasteiger partial charge on any atom is -0.462 e. The molecule has 2 heterocycles. The van der Waals surface area contributed by atoms with Crippen molar-refractivity contribution >= 4 is 13.7 Å². The van der Waals surface area contributed by atoms with Crippen LogP contribution in [0.15, 0.2) is 52.2 Å². The van der Waals surface area contributed by atoms with Gasteiger partial charge in [-0.15, -0.1) is 0 Å². The van der Waals surface area contributed by atoms with E-state index in [1.165, 1.54) is 25.3 Å². The molecule has 204 valence electrons. The topological polar surface area (TPSA) is 158 Å². The summed E-state index contributed by atoms with van der Waals surface area (Å²) in [5.41, 5.74) is -3.71. The molecule has 3 N–H and O–H groups in total. The fraction of sp³-hybridized carbons (Fsp3) is 0.522. The number of halogens is 1. The summed E-state index contributed by atoms with van der Waals surface area (Å²) in [5.74, 6) is -0.531. The molecule has 0 bridgehead atoms. The molecule has 1 aromatic carbocycles. The molecule has 14 heteroatoms. The van der Waals surface area contributed by atoms with Gasteiger partial charge in [-0.3, -0.25) is 23.7 Å². The number of benzene rings is 1. The zero-order valence-electron chi connectivity index (χ0n) is 20.8. The van der Waals surface area contributed by atoms with Gasteiger partial charge in [0.05, 0.1) is 19.3 Å². The predicted octanol–water partition coefficient (Wildman–Crippen LogP) is 1.53. The normalized spacial score (nSPS) is 26.0. The summed E-state index contributed by atoms with van der Waals surface area (Å²) < 4.78 is 51.8. The second-order valence-corrected chi connectivity index (χ2v) is 10.7. The Morgan fingerprint density at radius 2 is 1.95 bits per heavy atom. The molecular weight excluding hydrogens is 512 g/mol. The molecule has 0 saturated carbocycles. The number of nitrogens with zero attached hydrogens (tertiary/aromatic N) is 1. The fourth-order valence-corrected chi connectivity index (χ4v) is 5.10. The highest BCUT2D eigenvalue weighted by Gasteiger charge is 2.54. The van der Waals surface area contributed by atoms with E-state index >= 15 is 4.39 Å². The Bertz CT molecular complexity index is 1230. The highest BCUT2D eigenvalue weighted by molar-refractivity contribution is 7.52. The summed E-state index contributed by atoms with van der Waals surface area (Å²) in [4.78, 5) is 37.6. The Morgan fingerprint density at radius 1 is 1.27 bits per heavy atom. The van der Waals surface area contributed by atoms with Gasteiger partial charge in [0, 0.05) is 12.3 Å². The first kappa shape index (κ1) is 28.7. The number of ether oxygens (including phenoxy) is 2. The van der Waals surface area contributed by atoms with Crippen LogP contribution in [0.4, 0.5) is 4.39 Å². The van der Waals surface area contributed by atoms with E-state index in [1.54, 1.807) is 32.0 Å². The second kappa shape index (κ2) is 11.7. The molecule has 1 fully saturated rings. The number of alkyl halides is 1. The van der Waals surface area contributed by atoms with E-state index in [-0.39, 0.29) is 12.3 Å². The lowest BCUT2D eigenvalue weighted by molar-refractivity contribution is -0.149. The average Bonchev–Trinajstić information content (AvgIpc) is 3.02. The van der Waals surface area contributed by atoms with E-state index in [4.69, 9.17) is 18.5 Å². The molecular formula is C23H31FN3O9P. The summed E-state index contributed by atoms with van der Waals surface area (Å²) in [6.45, 7) is 4.93. The SMILES string of the molecule is CC(C)OC(=O)[C@H](C)N[P@@](=O)(OC[C@H]1O[C@@H](Cn2ccc(=O)[nH]c2=O)[C@](C)(F)[C@@H]1O)Oc1ccccc1. The Kier molecular flexibility index (Phi) is 9.09. The first-order valence-electron chi connectivity index (χ1n) is 11.6. The third-order valence-corrected chi connectivity index (χ3v) is 7.24. The Hall–Kier alpha value is -2.83.